The largest absolute Gasteiger partial charge is 0.354 e. The van der Waals surface area contributed by atoms with Crippen LogP contribution in [-0.2, 0) is 4.74 Å². The smallest absolute Gasteiger partial charge is 0.253 e. The van der Waals surface area contributed by atoms with Gasteiger partial charge in [-0.25, -0.2) is 0 Å². The molecule has 0 bridgehead atoms. The first-order valence-electron chi connectivity index (χ1n) is 9.33. The maximum atomic E-state index is 12.5. The standard InChI is InChI=1S/C19H24Cl4N2O2/c20-15-8-6-13(7-9-15)17(26)24-18(19(21,22)23)27-12-14-4-3-11-25-10-2-1-5-16(14)25/h6-9,14,16,18H,1-5,10-12H2,(H,24,26)/t14-,16-,18+/m0/s1. The van der Waals surface area contributed by atoms with Crippen LogP contribution < -0.4 is 5.32 Å². The van der Waals surface area contributed by atoms with E-state index < -0.39 is 10.0 Å². The number of carbonyl (C=O) groups excluding carboxylic acids is 1. The van der Waals surface area contributed by atoms with E-state index in [1.807, 2.05) is 0 Å². The number of benzene rings is 1. The maximum Gasteiger partial charge on any atom is 0.253 e. The third-order valence-electron chi connectivity index (χ3n) is 5.37. The van der Waals surface area contributed by atoms with Crippen molar-refractivity contribution in [2.75, 3.05) is 19.7 Å². The number of rotatable bonds is 5. The van der Waals surface area contributed by atoms with E-state index in [1.54, 1.807) is 24.3 Å². The minimum absolute atomic E-state index is 0.370. The second kappa shape index (κ2) is 9.51. The number of amides is 1. The molecule has 0 spiro atoms. The van der Waals surface area contributed by atoms with Gasteiger partial charge >= 0.3 is 0 Å². The summed E-state index contributed by atoms with van der Waals surface area (Å²) in [6.07, 6.45) is 4.92. The Bertz CT molecular complexity index is 634. The van der Waals surface area contributed by atoms with E-state index in [4.69, 9.17) is 51.1 Å². The summed E-state index contributed by atoms with van der Waals surface area (Å²) in [6.45, 7) is 2.77. The van der Waals surface area contributed by atoms with Crippen LogP contribution in [0.15, 0.2) is 24.3 Å². The molecule has 0 saturated carbocycles. The Morgan fingerprint density at radius 1 is 1.15 bits per heavy atom. The minimum atomic E-state index is -1.76. The zero-order valence-electron chi connectivity index (χ0n) is 15.0. The molecular weight excluding hydrogens is 430 g/mol. The van der Waals surface area contributed by atoms with E-state index in [1.165, 1.54) is 19.3 Å². The summed E-state index contributed by atoms with van der Waals surface area (Å²) in [7, 11) is 0. The lowest BCUT2D eigenvalue weighted by Gasteiger charge is -2.44. The third kappa shape index (κ3) is 5.88. The Balaban J connectivity index is 1.61. The molecule has 2 heterocycles. The molecule has 3 atom stereocenters. The van der Waals surface area contributed by atoms with E-state index in [-0.39, 0.29) is 5.91 Å². The van der Waals surface area contributed by atoms with Crippen molar-refractivity contribution in [1.29, 1.82) is 0 Å². The zero-order chi connectivity index (χ0) is 19.4. The molecule has 4 nitrogen and oxygen atoms in total. The summed E-state index contributed by atoms with van der Waals surface area (Å²) in [5.41, 5.74) is 0.429. The van der Waals surface area contributed by atoms with Gasteiger partial charge in [-0.3, -0.25) is 4.79 Å². The highest BCUT2D eigenvalue weighted by Gasteiger charge is 2.38. The highest BCUT2D eigenvalue weighted by molar-refractivity contribution is 6.68. The number of ether oxygens (including phenoxy) is 1. The van der Waals surface area contributed by atoms with Crippen LogP contribution in [0, 0.1) is 5.92 Å². The first kappa shape index (κ1) is 21.5. The Kier molecular flexibility index (Phi) is 7.57. The molecule has 1 aromatic carbocycles. The van der Waals surface area contributed by atoms with Crippen LogP contribution in [0.25, 0.3) is 0 Å². The molecule has 27 heavy (non-hydrogen) atoms. The first-order valence-corrected chi connectivity index (χ1v) is 10.8. The van der Waals surface area contributed by atoms with Gasteiger partial charge in [0.1, 0.15) is 0 Å². The van der Waals surface area contributed by atoms with Gasteiger partial charge in [-0.1, -0.05) is 52.8 Å². The lowest BCUT2D eigenvalue weighted by Crippen LogP contribution is -2.51. The predicted octanol–water partition coefficient (Wildman–Crippen LogP) is 5.05. The molecule has 2 aliphatic rings. The van der Waals surface area contributed by atoms with Crippen molar-refractivity contribution in [3.63, 3.8) is 0 Å². The van der Waals surface area contributed by atoms with E-state index in [2.05, 4.69) is 10.2 Å². The molecule has 2 aliphatic heterocycles. The van der Waals surface area contributed by atoms with E-state index >= 15 is 0 Å². The average molecular weight is 454 g/mol. The average Bonchev–Trinajstić information content (AvgIpc) is 2.64. The van der Waals surface area contributed by atoms with Crippen molar-refractivity contribution >= 4 is 52.3 Å². The Morgan fingerprint density at radius 3 is 2.56 bits per heavy atom. The van der Waals surface area contributed by atoms with Crippen LogP contribution in [0.1, 0.15) is 42.5 Å². The van der Waals surface area contributed by atoms with Crippen molar-refractivity contribution in [3.8, 4) is 0 Å². The number of fused-ring (bicyclic) bond motifs is 1. The highest BCUT2D eigenvalue weighted by Crippen LogP contribution is 2.34. The molecule has 1 aromatic rings. The lowest BCUT2D eigenvalue weighted by molar-refractivity contribution is -0.0325. The van der Waals surface area contributed by atoms with Crippen LogP contribution in [0.2, 0.25) is 5.02 Å². The molecule has 1 N–H and O–H groups in total. The fraction of sp³-hybridized carbons (Fsp3) is 0.632. The second-order valence-electron chi connectivity index (χ2n) is 7.24. The topological polar surface area (TPSA) is 41.6 Å². The molecule has 0 unspecified atom stereocenters. The molecule has 3 rings (SSSR count). The van der Waals surface area contributed by atoms with Crippen LogP contribution in [0.5, 0.6) is 0 Å². The van der Waals surface area contributed by atoms with Gasteiger partial charge in [0.05, 0.1) is 6.61 Å². The van der Waals surface area contributed by atoms with E-state index in [0.717, 1.165) is 25.9 Å². The molecule has 8 heteroatoms. The number of nitrogens with zero attached hydrogens (tertiary/aromatic N) is 1. The van der Waals surface area contributed by atoms with Gasteiger partial charge in [-0.2, -0.15) is 0 Å². The van der Waals surface area contributed by atoms with Crippen molar-refractivity contribution < 1.29 is 9.53 Å². The van der Waals surface area contributed by atoms with Crippen LogP contribution >= 0.6 is 46.4 Å². The van der Waals surface area contributed by atoms with Crippen LogP contribution in [0.3, 0.4) is 0 Å². The summed E-state index contributed by atoms with van der Waals surface area (Å²) in [6, 6.07) is 7.04. The predicted molar refractivity (Wildman–Crippen MR) is 111 cm³/mol. The van der Waals surface area contributed by atoms with Gasteiger partial charge in [-0.15, -0.1) is 0 Å². The molecule has 2 saturated heterocycles. The molecule has 2 fully saturated rings. The number of halogens is 4. The molecule has 1 amide bonds. The van der Waals surface area contributed by atoms with Gasteiger partial charge in [0.15, 0.2) is 6.23 Å². The minimum Gasteiger partial charge on any atom is -0.354 e. The summed E-state index contributed by atoms with van der Waals surface area (Å²) in [4.78, 5) is 15.0. The van der Waals surface area contributed by atoms with E-state index in [0.29, 0.717) is 29.2 Å². The summed E-state index contributed by atoms with van der Waals surface area (Å²) < 4.78 is 4.17. The monoisotopic (exact) mass is 452 g/mol. The first-order chi connectivity index (χ1) is 12.8. The second-order valence-corrected chi connectivity index (χ2v) is 10.0. The van der Waals surface area contributed by atoms with Crippen molar-refractivity contribution in [2.24, 2.45) is 5.92 Å². The third-order valence-corrected chi connectivity index (χ3v) is 6.22. The van der Waals surface area contributed by atoms with Gasteiger partial charge in [0.25, 0.3) is 5.91 Å². The lowest BCUT2D eigenvalue weighted by atomic mass is 9.84. The Morgan fingerprint density at radius 2 is 1.85 bits per heavy atom. The highest BCUT2D eigenvalue weighted by atomic mass is 35.6. The fourth-order valence-electron chi connectivity index (χ4n) is 4.01. The van der Waals surface area contributed by atoms with Crippen LogP contribution in [-0.4, -0.2) is 46.6 Å². The van der Waals surface area contributed by atoms with Crippen molar-refractivity contribution in [1.82, 2.24) is 10.2 Å². The maximum absolute atomic E-state index is 12.5. The number of carbonyl (C=O) groups is 1. The molecule has 0 radical (unpaired) electrons. The zero-order valence-corrected chi connectivity index (χ0v) is 18.0. The number of piperidine rings is 2. The fourth-order valence-corrected chi connectivity index (χ4v) is 4.49. The van der Waals surface area contributed by atoms with Crippen molar-refractivity contribution in [3.05, 3.63) is 34.9 Å². The number of hydrogen-bond acceptors (Lipinski definition) is 3. The van der Waals surface area contributed by atoms with Gasteiger partial charge in [0, 0.05) is 16.6 Å². The van der Waals surface area contributed by atoms with E-state index in [9.17, 15) is 4.79 Å². The Labute approximate surface area is 180 Å². The SMILES string of the molecule is O=C(N[C@H](OC[C@@H]1CCCN2CCCC[C@@H]12)C(Cl)(Cl)Cl)c1ccc(Cl)cc1. The molecular formula is C19H24Cl4N2O2. The van der Waals surface area contributed by atoms with Gasteiger partial charge in [0.2, 0.25) is 3.79 Å². The summed E-state index contributed by atoms with van der Waals surface area (Å²) in [5, 5.41) is 3.24. The normalized spacial score (nSPS) is 24.9. The number of nitrogens with one attached hydrogen (secondary N) is 1. The number of hydrogen-bond donors (Lipinski definition) is 1. The quantitative estimate of drug-likeness (QED) is 0.501. The molecule has 150 valence electrons. The van der Waals surface area contributed by atoms with Gasteiger partial charge in [-0.05, 0) is 69.0 Å². The van der Waals surface area contributed by atoms with Gasteiger partial charge < -0.3 is 15.0 Å². The molecule has 0 aromatic heterocycles. The molecule has 0 aliphatic carbocycles. The number of alkyl halides is 3. The summed E-state index contributed by atoms with van der Waals surface area (Å²) in [5.74, 6) is 0.0206. The Hall–Kier alpha value is -0.230. The van der Waals surface area contributed by atoms with Crippen molar-refractivity contribution in [2.45, 2.75) is 48.2 Å². The summed E-state index contributed by atoms with van der Waals surface area (Å²) >= 11 is 24.1. The van der Waals surface area contributed by atoms with Crippen LogP contribution in [0.4, 0.5) is 0 Å².